The summed E-state index contributed by atoms with van der Waals surface area (Å²) in [4.78, 5) is 22.5. The number of hydrogen-bond donors (Lipinski definition) is 0. The summed E-state index contributed by atoms with van der Waals surface area (Å²) in [6.07, 6.45) is 0. The highest BCUT2D eigenvalue weighted by atomic mass is 79.9. The molecular weight excluding hydrogens is 306 g/mol. The molecular formula is C11H6BrNO3S. The minimum atomic E-state index is -0.544. The number of benzene rings is 1. The number of hydrogen-bond acceptors (Lipinski definition) is 4. The molecule has 0 aliphatic carbocycles. The fourth-order valence-corrected chi connectivity index (χ4v) is 2.89. The molecule has 1 heterocycles. The first kappa shape index (κ1) is 11.9. The van der Waals surface area contributed by atoms with Gasteiger partial charge in [-0.1, -0.05) is 30.3 Å². The summed E-state index contributed by atoms with van der Waals surface area (Å²) < 4.78 is 0.573. The van der Waals surface area contributed by atoms with Crippen molar-refractivity contribution in [1.82, 2.24) is 0 Å². The van der Waals surface area contributed by atoms with Crippen LogP contribution >= 0.6 is 27.3 Å². The Labute approximate surface area is 109 Å². The molecule has 0 spiro atoms. The molecule has 0 saturated heterocycles. The smallest absolute Gasteiger partial charge is 0.287 e. The predicted molar refractivity (Wildman–Crippen MR) is 68.5 cm³/mol. The lowest BCUT2D eigenvalue weighted by atomic mass is 10.1. The van der Waals surface area contributed by atoms with Crippen molar-refractivity contribution in [2.45, 2.75) is 0 Å². The van der Waals surface area contributed by atoms with Crippen molar-refractivity contribution < 1.29 is 9.72 Å². The van der Waals surface area contributed by atoms with Gasteiger partial charge in [0.2, 0.25) is 5.78 Å². The molecule has 4 nitrogen and oxygen atoms in total. The number of nitrogens with zero attached hydrogens (tertiary/aromatic N) is 1. The third kappa shape index (κ3) is 2.42. The van der Waals surface area contributed by atoms with Crippen molar-refractivity contribution in [1.29, 1.82) is 0 Å². The van der Waals surface area contributed by atoms with Crippen LogP contribution in [0.2, 0.25) is 0 Å². The van der Waals surface area contributed by atoms with Crippen LogP contribution in [0.25, 0.3) is 0 Å². The van der Waals surface area contributed by atoms with Crippen molar-refractivity contribution in [2.75, 3.05) is 0 Å². The Morgan fingerprint density at radius 3 is 2.53 bits per heavy atom. The number of carbonyl (C=O) groups is 1. The third-order valence-electron chi connectivity index (χ3n) is 2.12. The Morgan fingerprint density at radius 1 is 1.29 bits per heavy atom. The molecule has 0 saturated carbocycles. The van der Waals surface area contributed by atoms with Gasteiger partial charge in [0.25, 0.3) is 5.69 Å². The van der Waals surface area contributed by atoms with E-state index < -0.39 is 4.92 Å². The first-order valence-electron chi connectivity index (χ1n) is 4.63. The first-order valence-corrected chi connectivity index (χ1v) is 6.24. The fraction of sp³-hybridized carbons (Fsp3) is 0. The maximum Gasteiger partial charge on any atom is 0.292 e. The molecule has 0 N–H and O–H groups in total. The van der Waals surface area contributed by atoms with Gasteiger partial charge < -0.3 is 0 Å². The van der Waals surface area contributed by atoms with Crippen LogP contribution in [0.4, 0.5) is 5.69 Å². The van der Waals surface area contributed by atoms with Crippen LogP contribution in [0.15, 0.2) is 40.2 Å². The van der Waals surface area contributed by atoms with Crippen molar-refractivity contribution in [2.24, 2.45) is 0 Å². The maximum absolute atomic E-state index is 12.1. The SMILES string of the molecule is O=C(c1ccccc1)c1sc(Br)cc1[N+](=O)[O-]. The van der Waals surface area contributed by atoms with Crippen LogP contribution < -0.4 is 0 Å². The lowest BCUT2D eigenvalue weighted by molar-refractivity contribution is -0.384. The van der Waals surface area contributed by atoms with E-state index in [1.54, 1.807) is 30.3 Å². The van der Waals surface area contributed by atoms with Crippen LogP contribution in [0, 0.1) is 10.1 Å². The van der Waals surface area contributed by atoms with Crippen LogP contribution in [0.1, 0.15) is 15.2 Å². The lowest BCUT2D eigenvalue weighted by Crippen LogP contribution is -2.01. The molecule has 2 rings (SSSR count). The molecule has 0 aliphatic rings. The second kappa shape index (κ2) is 4.77. The Kier molecular flexibility index (Phi) is 3.35. The summed E-state index contributed by atoms with van der Waals surface area (Å²) in [6, 6.07) is 9.86. The fourth-order valence-electron chi connectivity index (χ4n) is 1.37. The first-order chi connectivity index (χ1) is 8.09. The highest BCUT2D eigenvalue weighted by Crippen LogP contribution is 2.34. The normalized spacial score (nSPS) is 10.2. The summed E-state index contributed by atoms with van der Waals surface area (Å²) in [5.41, 5.74) is 0.292. The van der Waals surface area contributed by atoms with Crippen molar-refractivity contribution in [3.8, 4) is 0 Å². The van der Waals surface area contributed by atoms with Gasteiger partial charge in [-0.3, -0.25) is 14.9 Å². The number of nitro groups is 1. The van der Waals surface area contributed by atoms with Gasteiger partial charge in [-0.05, 0) is 15.9 Å². The highest BCUT2D eigenvalue weighted by Gasteiger charge is 2.24. The molecule has 0 fully saturated rings. The average Bonchev–Trinajstić information content (AvgIpc) is 2.72. The van der Waals surface area contributed by atoms with E-state index in [4.69, 9.17) is 0 Å². The minimum Gasteiger partial charge on any atom is -0.287 e. The monoisotopic (exact) mass is 311 g/mol. The second-order valence-corrected chi connectivity index (χ2v) is 5.65. The molecule has 0 amide bonds. The maximum atomic E-state index is 12.1. The third-order valence-corrected chi connectivity index (χ3v) is 3.75. The van der Waals surface area contributed by atoms with Gasteiger partial charge in [-0.15, -0.1) is 11.3 Å². The van der Waals surface area contributed by atoms with E-state index in [-0.39, 0.29) is 16.3 Å². The molecule has 0 atom stereocenters. The molecule has 6 heteroatoms. The Hall–Kier alpha value is -1.53. The summed E-state index contributed by atoms with van der Waals surface area (Å²) in [7, 11) is 0. The summed E-state index contributed by atoms with van der Waals surface area (Å²) in [5.74, 6) is -0.326. The Bertz CT molecular complexity index is 580. The Balaban J connectivity index is 2.48. The topological polar surface area (TPSA) is 60.2 Å². The van der Waals surface area contributed by atoms with E-state index in [1.165, 1.54) is 6.07 Å². The largest absolute Gasteiger partial charge is 0.292 e. The molecule has 1 aromatic carbocycles. The van der Waals surface area contributed by atoms with E-state index in [2.05, 4.69) is 15.9 Å². The zero-order valence-electron chi connectivity index (χ0n) is 8.42. The molecule has 86 valence electrons. The quantitative estimate of drug-likeness (QED) is 0.494. The van der Waals surface area contributed by atoms with Gasteiger partial charge >= 0.3 is 0 Å². The molecule has 1 aromatic heterocycles. The van der Waals surface area contributed by atoms with Crippen molar-refractivity contribution in [3.63, 3.8) is 0 Å². The molecule has 0 unspecified atom stereocenters. The van der Waals surface area contributed by atoms with E-state index in [9.17, 15) is 14.9 Å². The molecule has 0 radical (unpaired) electrons. The summed E-state index contributed by atoms with van der Waals surface area (Å²) >= 11 is 4.23. The Morgan fingerprint density at radius 2 is 1.94 bits per heavy atom. The standard InChI is InChI=1S/C11H6BrNO3S/c12-9-6-8(13(15)16)11(17-9)10(14)7-4-2-1-3-5-7/h1-6H. The van der Waals surface area contributed by atoms with E-state index in [1.807, 2.05) is 0 Å². The van der Waals surface area contributed by atoms with Gasteiger partial charge in [-0.25, -0.2) is 0 Å². The van der Waals surface area contributed by atoms with E-state index >= 15 is 0 Å². The summed E-state index contributed by atoms with van der Waals surface area (Å²) in [5, 5.41) is 10.8. The number of ketones is 1. The minimum absolute atomic E-state index is 0.146. The van der Waals surface area contributed by atoms with Gasteiger partial charge in [0, 0.05) is 11.6 Å². The highest BCUT2D eigenvalue weighted by molar-refractivity contribution is 9.11. The molecule has 0 bridgehead atoms. The number of halogens is 1. The van der Waals surface area contributed by atoms with Crippen molar-refractivity contribution in [3.05, 3.63) is 60.7 Å². The average molecular weight is 312 g/mol. The molecule has 2 aromatic rings. The van der Waals surface area contributed by atoms with Crippen LogP contribution in [0.5, 0.6) is 0 Å². The van der Waals surface area contributed by atoms with Crippen LogP contribution in [0.3, 0.4) is 0 Å². The van der Waals surface area contributed by atoms with Crippen molar-refractivity contribution >= 4 is 38.7 Å². The zero-order chi connectivity index (χ0) is 12.4. The number of carbonyl (C=O) groups excluding carboxylic acids is 1. The van der Waals surface area contributed by atoms with Gasteiger partial charge in [0.05, 0.1) is 8.71 Å². The van der Waals surface area contributed by atoms with Crippen LogP contribution in [-0.4, -0.2) is 10.7 Å². The molecule has 17 heavy (non-hydrogen) atoms. The predicted octanol–water partition coefficient (Wildman–Crippen LogP) is 3.65. The van der Waals surface area contributed by atoms with E-state index in [0.29, 0.717) is 9.35 Å². The number of rotatable bonds is 3. The van der Waals surface area contributed by atoms with Gasteiger partial charge in [0.1, 0.15) is 0 Å². The lowest BCUT2D eigenvalue weighted by Gasteiger charge is -1.97. The van der Waals surface area contributed by atoms with Gasteiger partial charge in [0.15, 0.2) is 4.88 Å². The van der Waals surface area contributed by atoms with Gasteiger partial charge in [-0.2, -0.15) is 0 Å². The number of thiophene rings is 1. The zero-order valence-corrected chi connectivity index (χ0v) is 10.8. The second-order valence-electron chi connectivity index (χ2n) is 3.22. The van der Waals surface area contributed by atoms with E-state index in [0.717, 1.165) is 11.3 Å². The van der Waals surface area contributed by atoms with Crippen LogP contribution in [-0.2, 0) is 0 Å². The summed E-state index contributed by atoms with van der Waals surface area (Å²) in [6.45, 7) is 0. The molecule has 0 aliphatic heterocycles.